The number of ether oxygens (including phenoxy) is 1. The maximum atomic E-state index is 13.6. The molecule has 0 saturated carbocycles. The predicted molar refractivity (Wildman–Crippen MR) is 97.9 cm³/mol. The first-order chi connectivity index (χ1) is 13.3. The molecule has 8 heteroatoms. The van der Waals surface area contributed by atoms with E-state index >= 15 is 0 Å². The molecule has 146 valence electrons. The van der Waals surface area contributed by atoms with Crippen molar-refractivity contribution >= 4 is 29.2 Å². The molecule has 0 unspecified atom stereocenters. The van der Waals surface area contributed by atoms with Crippen molar-refractivity contribution in [3.8, 4) is 0 Å². The van der Waals surface area contributed by atoms with Gasteiger partial charge in [-0.1, -0.05) is 6.07 Å². The Balaban J connectivity index is 1.65. The summed E-state index contributed by atoms with van der Waals surface area (Å²) in [6, 6.07) is 9.08. The van der Waals surface area contributed by atoms with E-state index in [4.69, 9.17) is 4.74 Å². The van der Waals surface area contributed by atoms with Crippen LogP contribution in [0.4, 0.5) is 20.2 Å². The number of esters is 1. The van der Waals surface area contributed by atoms with Crippen LogP contribution in [0, 0.1) is 11.6 Å². The third kappa shape index (κ3) is 4.33. The smallest absolute Gasteiger partial charge is 0.338 e. The lowest BCUT2D eigenvalue weighted by Crippen LogP contribution is -2.30. The number of hydrogen-bond acceptors (Lipinski definition) is 4. The largest absolute Gasteiger partial charge is 0.449 e. The van der Waals surface area contributed by atoms with Crippen LogP contribution in [0.3, 0.4) is 0 Å². The van der Waals surface area contributed by atoms with E-state index in [2.05, 4.69) is 5.32 Å². The first-order valence-corrected chi connectivity index (χ1v) is 8.72. The van der Waals surface area contributed by atoms with E-state index in [1.165, 1.54) is 19.1 Å². The van der Waals surface area contributed by atoms with E-state index in [9.17, 15) is 23.2 Å². The minimum Gasteiger partial charge on any atom is -0.449 e. The highest BCUT2D eigenvalue weighted by atomic mass is 19.1. The molecule has 2 aromatic carbocycles. The predicted octanol–water partition coefficient (Wildman–Crippen LogP) is 3.28. The van der Waals surface area contributed by atoms with Gasteiger partial charge in [0.1, 0.15) is 11.6 Å². The maximum Gasteiger partial charge on any atom is 0.338 e. The van der Waals surface area contributed by atoms with Crippen molar-refractivity contribution in [3.63, 3.8) is 0 Å². The van der Waals surface area contributed by atoms with E-state index in [0.29, 0.717) is 24.7 Å². The van der Waals surface area contributed by atoms with Gasteiger partial charge in [-0.15, -0.1) is 0 Å². The van der Waals surface area contributed by atoms with Crippen molar-refractivity contribution in [2.45, 2.75) is 25.9 Å². The molecule has 1 heterocycles. The first-order valence-electron chi connectivity index (χ1n) is 8.72. The van der Waals surface area contributed by atoms with Crippen LogP contribution >= 0.6 is 0 Å². The van der Waals surface area contributed by atoms with E-state index in [1.807, 2.05) is 0 Å². The highest BCUT2D eigenvalue weighted by Gasteiger charge is 2.24. The second kappa shape index (κ2) is 8.16. The number of anilines is 2. The summed E-state index contributed by atoms with van der Waals surface area (Å²) in [5.41, 5.74) is 0.552. The molecule has 0 spiro atoms. The summed E-state index contributed by atoms with van der Waals surface area (Å²) >= 11 is 0. The topological polar surface area (TPSA) is 75.7 Å². The lowest BCUT2D eigenvalue weighted by Gasteiger charge is -2.17. The van der Waals surface area contributed by atoms with Gasteiger partial charge in [0.15, 0.2) is 6.10 Å². The summed E-state index contributed by atoms with van der Waals surface area (Å²) in [4.78, 5) is 37.9. The zero-order chi connectivity index (χ0) is 20.3. The summed E-state index contributed by atoms with van der Waals surface area (Å²) in [5, 5.41) is 2.25. The van der Waals surface area contributed by atoms with Gasteiger partial charge in [0.05, 0.1) is 11.3 Å². The Morgan fingerprint density at radius 2 is 1.96 bits per heavy atom. The molecular weight excluding hydrogens is 370 g/mol. The standard InChI is InChI=1S/C20H18F2N2O4/c1-12(19(26)23-17-8-7-14(21)11-16(17)22)28-20(27)13-4-2-5-15(10-13)24-9-3-6-18(24)25/h2,4-5,7-8,10-12H,3,6,9H2,1H3,(H,23,26)/t12-/m0/s1. The van der Waals surface area contributed by atoms with Crippen molar-refractivity contribution in [1.29, 1.82) is 0 Å². The van der Waals surface area contributed by atoms with Crippen LogP contribution in [0.25, 0.3) is 0 Å². The van der Waals surface area contributed by atoms with Crippen molar-refractivity contribution in [3.05, 3.63) is 59.7 Å². The van der Waals surface area contributed by atoms with Gasteiger partial charge in [-0.05, 0) is 43.7 Å². The number of halogens is 2. The second-order valence-electron chi connectivity index (χ2n) is 6.36. The molecule has 1 atom stereocenters. The molecule has 2 amide bonds. The monoisotopic (exact) mass is 388 g/mol. The van der Waals surface area contributed by atoms with Gasteiger partial charge in [0, 0.05) is 24.7 Å². The van der Waals surface area contributed by atoms with Crippen LogP contribution in [-0.2, 0) is 14.3 Å². The summed E-state index contributed by atoms with van der Waals surface area (Å²) in [6.45, 7) is 1.92. The maximum absolute atomic E-state index is 13.6. The normalized spacial score (nSPS) is 14.7. The Labute approximate surface area is 160 Å². The van der Waals surface area contributed by atoms with Gasteiger partial charge < -0.3 is 15.0 Å². The van der Waals surface area contributed by atoms with Crippen molar-refractivity contribution in [2.24, 2.45) is 0 Å². The van der Waals surface area contributed by atoms with Gasteiger partial charge in [-0.25, -0.2) is 13.6 Å². The Hall–Kier alpha value is -3.29. The molecule has 1 N–H and O–H groups in total. The number of benzene rings is 2. The lowest BCUT2D eigenvalue weighted by molar-refractivity contribution is -0.123. The zero-order valence-corrected chi connectivity index (χ0v) is 15.1. The molecule has 1 fully saturated rings. The minimum atomic E-state index is -1.21. The zero-order valence-electron chi connectivity index (χ0n) is 15.1. The van der Waals surface area contributed by atoms with Crippen LogP contribution in [0.5, 0.6) is 0 Å². The SMILES string of the molecule is C[C@H](OC(=O)c1cccc(N2CCCC2=O)c1)C(=O)Nc1ccc(F)cc1F. The summed E-state index contributed by atoms with van der Waals surface area (Å²) in [7, 11) is 0. The Kier molecular flexibility index (Phi) is 5.67. The highest BCUT2D eigenvalue weighted by molar-refractivity contribution is 5.99. The molecular formula is C20H18F2N2O4. The molecule has 0 radical (unpaired) electrons. The lowest BCUT2D eigenvalue weighted by atomic mass is 10.2. The number of nitrogens with one attached hydrogen (secondary N) is 1. The van der Waals surface area contributed by atoms with Gasteiger partial charge in [-0.3, -0.25) is 9.59 Å². The summed E-state index contributed by atoms with van der Waals surface area (Å²) in [5.74, 6) is -3.23. The van der Waals surface area contributed by atoms with Crippen LogP contribution in [0.2, 0.25) is 0 Å². The molecule has 3 rings (SSSR count). The van der Waals surface area contributed by atoms with Crippen LogP contribution in [0.1, 0.15) is 30.1 Å². The van der Waals surface area contributed by atoms with Crippen molar-refractivity contribution < 1.29 is 27.9 Å². The van der Waals surface area contributed by atoms with Crippen molar-refractivity contribution in [2.75, 3.05) is 16.8 Å². The average Bonchev–Trinajstić information content (AvgIpc) is 3.10. The van der Waals surface area contributed by atoms with Gasteiger partial charge >= 0.3 is 5.97 Å². The quantitative estimate of drug-likeness (QED) is 0.798. The Morgan fingerprint density at radius 1 is 1.18 bits per heavy atom. The minimum absolute atomic E-state index is 0.0143. The molecule has 0 aliphatic carbocycles. The molecule has 28 heavy (non-hydrogen) atoms. The highest BCUT2D eigenvalue weighted by Crippen LogP contribution is 2.23. The second-order valence-corrected chi connectivity index (χ2v) is 6.36. The van der Waals surface area contributed by atoms with Crippen LogP contribution < -0.4 is 10.2 Å². The van der Waals surface area contributed by atoms with E-state index in [-0.39, 0.29) is 17.2 Å². The molecule has 6 nitrogen and oxygen atoms in total. The molecule has 1 aliphatic rings. The van der Waals surface area contributed by atoms with E-state index in [1.54, 1.807) is 17.0 Å². The molecule has 1 aliphatic heterocycles. The van der Waals surface area contributed by atoms with Crippen LogP contribution in [0.15, 0.2) is 42.5 Å². The molecule has 1 saturated heterocycles. The fourth-order valence-electron chi connectivity index (χ4n) is 2.83. The molecule has 2 aromatic rings. The first kappa shape index (κ1) is 19.5. The number of carbonyl (C=O) groups excluding carboxylic acids is 3. The summed E-state index contributed by atoms with van der Waals surface area (Å²) < 4.78 is 31.7. The number of nitrogens with zero attached hydrogens (tertiary/aromatic N) is 1. The third-order valence-corrected chi connectivity index (χ3v) is 4.31. The Bertz CT molecular complexity index is 932. The van der Waals surface area contributed by atoms with Crippen LogP contribution in [-0.4, -0.2) is 30.4 Å². The summed E-state index contributed by atoms with van der Waals surface area (Å²) in [6.07, 6.45) is 0.00487. The van der Waals surface area contributed by atoms with Gasteiger partial charge in [0.2, 0.25) is 5.91 Å². The molecule has 0 bridgehead atoms. The van der Waals surface area contributed by atoms with Gasteiger partial charge in [0.25, 0.3) is 5.91 Å². The van der Waals surface area contributed by atoms with Gasteiger partial charge in [-0.2, -0.15) is 0 Å². The number of amides is 2. The average molecular weight is 388 g/mol. The molecule has 0 aromatic heterocycles. The number of hydrogen-bond donors (Lipinski definition) is 1. The Morgan fingerprint density at radius 3 is 2.64 bits per heavy atom. The fraction of sp³-hybridized carbons (Fsp3) is 0.250. The number of rotatable bonds is 5. The van der Waals surface area contributed by atoms with E-state index < -0.39 is 29.6 Å². The van der Waals surface area contributed by atoms with Crippen molar-refractivity contribution in [1.82, 2.24) is 0 Å². The van der Waals surface area contributed by atoms with E-state index in [0.717, 1.165) is 18.6 Å². The third-order valence-electron chi connectivity index (χ3n) is 4.31. The fourth-order valence-corrected chi connectivity index (χ4v) is 2.83. The number of carbonyl (C=O) groups is 3.